The summed E-state index contributed by atoms with van der Waals surface area (Å²) in [6, 6.07) is 0. The summed E-state index contributed by atoms with van der Waals surface area (Å²) in [5.41, 5.74) is 5.76. The van der Waals surface area contributed by atoms with Crippen LogP contribution in [0.4, 0.5) is 10.7 Å². The van der Waals surface area contributed by atoms with Gasteiger partial charge in [-0.05, 0) is 19.8 Å². The number of β-amino-alcohol motifs (C(OH)–C–C–N with tert-alkyl or cyclic N) is 1. The minimum Gasteiger partial charge on any atom is -0.397 e. The average molecular weight is 311 g/mol. The highest BCUT2D eigenvalue weighted by atomic mass is 32.1. The van der Waals surface area contributed by atoms with Gasteiger partial charge in [0.05, 0.1) is 21.7 Å². The summed E-state index contributed by atoms with van der Waals surface area (Å²) in [6.07, 6.45) is 1.55. The molecule has 1 unspecified atom stereocenters. The zero-order valence-electron chi connectivity index (χ0n) is 12.5. The van der Waals surface area contributed by atoms with E-state index in [1.807, 2.05) is 4.90 Å². The number of hydrogen-bond donors (Lipinski definition) is 3. The smallest absolute Gasteiger partial charge is 0.256 e. The third-order valence-corrected chi connectivity index (χ3v) is 5.03. The van der Waals surface area contributed by atoms with E-state index in [1.54, 1.807) is 6.92 Å². The molecule has 0 radical (unpaired) electrons. The summed E-state index contributed by atoms with van der Waals surface area (Å²) < 4.78 is 0. The van der Waals surface area contributed by atoms with Crippen molar-refractivity contribution >= 4 is 33.7 Å². The molecule has 1 aliphatic heterocycles. The molecule has 21 heavy (non-hydrogen) atoms. The first-order valence-electron chi connectivity index (χ1n) is 6.89. The second kappa shape index (κ2) is 5.65. The summed E-state index contributed by atoms with van der Waals surface area (Å²) >= 11 is 1.22. The lowest BCUT2D eigenvalue weighted by atomic mass is 9.95. The Kier molecular flexibility index (Phi) is 4.25. The van der Waals surface area contributed by atoms with Gasteiger partial charge in [-0.25, -0.2) is 0 Å². The molecule has 0 aromatic carbocycles. The molecule has 4 N–H and O–H groups in total. The first-order chi connectivity index (χ1) is 9.76. The molecular weight excluding hydrogens is 290 g/mol. The molecule has 1 fully saturated rings. The summed E-state index contributed by atoms with van der Waals surface area (Å²) in [6.45, 7) is 4.37. The lowest BCUT2D eigenvalue weighted by Gasteiger charge is -2.37. The Morgan fingerprint density at radius 1 is 1.48 bits per heavy atom. The topological polar surface area (TPSA) is 95.7 Å². The molecule has 1 saturated heterocycles. The molecule has 2 rings (SSSR count). The number of carbonyl (C=O) groups is 2. The number of amides is 1. The number of thiophene rings is 1. The summed E-state index contributed by atoms with van der Waals surface area (Å²) in [7, 11) is 1.53. The molecule has 1 aromatic heterocycles. The van der Waals surface area contributed by atoms with Crippen LogP contribution in [0.2, 0.25) is 0 Å². The summed E-state index contributed by atoms with van der Waals surface area (Å²) in [4.78, 5) is 26.1. The number of anilines is 2. The fraction of sp³-hybridized carbons (Fsp3) is 0.571. The zero-order valence-corrected chi connectivity index (χ0v) is 13.3. The minimum atomic E-state index is -0.798. The second-order valence-electron chi connectivity index (χ2n) is 5.68. The highest BCUT2D eigenvalue weighted by Crippen LogP contribution is 2.40. The Labute approximate surface area is 127 Å². The molecular formula is C14H21N3O3S. The molecule has 1 aromatic rings. The van der Waals surface area contributed by atoms with E-state index in [4.69, 9.17) is 5.73 Å². The number of nitrogens with two attached hydrogens (primary N) is 1. The summed E-state index contributed by atoms with van der Waals surface area (Å²) in [5.74, 6) is -0.464. The van der Waals surface area contributed by atoms with Crippen molar-refractivity contribution in [2.45, 2.75) is 32.3 Å². The van der Waals surface area contributed by atoms with E-state index in [-0.39, 0.29) is 17.4 Å². The van der Waals surface area contributed by atoms with Gasteiger partial charge >= 0.3 is 0 Å². The molecule has 116 valence electrons. The van der Waals surface area contributed by atoms with Crippen molar-refractivity contribution in [2.75, 3.05) is 30.8 Å². The van der Waals surface area contributed by atoms with Gasteiger partial charge in [0, 0.05) is 27.1 Å². The van der Waals surface area contributed by atoms with Crippen molar-refractivity contribution in [1.29, 1.82) is 0 Å². The number of rotatable bonds is 3. The Bertz CT molecular complexity index is 580. The van der Waals surface area contributed by atoms with Crippen LogP contribution in [-0.4, -0.2) is 42.5 Å². The van der Waals surface area contributed by atoms with Gasteiger partial charge in [-0.1, -0.05) is 0 Å². The number of hydrogen-bond acceptors (Lipinski definition) is 6. The van der Waals surface area contributed by atoms with Crippen LogP contribution in [0, 0.1) is 0 Å². The van der Waals surface area contributed by atoms with Crippen LogP contribution in [0.1, 0.15) is 46.7 Å². The fourth-order valence-corrected chi connectivity index (χ4v) is 3.79. The second-order valence-corrected chi connectivity index (χ2v) is 6.68. The predicted octanol–water partition coefficient (Wildman–Crippen LogP) is 1.24. The summed E-state index contributed by atoms with van der Waals surface area (Å²) in [5, 5.41) is 13.5. The number of aliphatic hydroxyl groups is 1. The number of nitrogens with zero attached hydrogens (tertiary/aromatic N) is 1. The van der Waals surface area contributed by atoms with Gasteiger partial charge < -0.3 is 21.1 Å². The molecule has 1 aliphatic rings. The van der Waals surface area contributed by atoms with Crippen LogP contribution in [0.3, 0.4) is 0 Å². The van der Waals surface area contributed by atoms with E-state index in [9.17, 15) is 14.7 Å². The predicted molar refractivity (Wildman–Crippen MR) is 84.2 cm³/mol. The van der Waals surface area contributed by atoms with E-state index >= 15 is 0 Å². The maximum atomic E-state index is 12.1. The van der Waals surface area contributed by atoms with Crippen molar-refractivity contribution in [2.24, 2.45) is 0 Å². The van der Waals surface area contributed by atoms with Gasteiger partial charge in [-0.3, -0.25) is 9.59 Å². The minimum absolute atomic E-state index is 0.155. The molecule has 0 bridgehead atoms. The van der Waals surface area contributed by atoms with E-state index in [0.29, 0.717) is 22.0 Å². The first-order valence-corrected chi connectivity index (χ1v) is 7.71. The Morgan fingerprint density at radius 3 is 2.67 bits per heavy atom. The maximum absolute atomic E-state index is 12.1. The largest absolute Gasteiger partial charge is 0.397 e. The van der Waals surface area contributed by atoms with Crippen LogP contribution >= 0.6 is 11.3 Å². The van der Waals surface area contributed by atoms with Gasteiger partial charge in [-0.2, -0.15) is 0 Å². The van der Waals surface area contributed by atoms with E-state index in [2.05, 4.69) is 5.32 Å². The van der Waals surface area contributed by atoms with Crippen LogP contribution in [-0.2, 0) is 0 Å². The lowest BCUT2D eigenvalue weighted by molar-refractivity contribution is 0.0450. The van der Waals surface area contributed by atoms with Gasteiger partial charge in [0.15, 0.2) is 5.78 Å². The molecule has 0 spiro atoms. The van der Waals surface area contributed by atoms with Gasteiger partial charge in [0.25, 0.3) is 5.91 Å². The molecule has 0 saturated carbocycles. The van der Waals surface area contributed by atoms with Crippen molar-refractivity contribution in [1.82, 2.24) is 5.32 Å². The van der Waals surface area contributed by atoms with Gasteiger partial charge in [0.1, 0.15) is 5.00 Å². The van der Waals surface area contributed by atoms with Crippen molar-refractivity contribution < 1.29 is 14.7 Å². The highest BCUT2D eigenvalue weighted by molar-refractivity contribution is 7.19. The molecule has 7 heteroatoms. The monoisotopic (exact) mass is 311 g/mol. The average Bonchev–Trinajstić information content (AvgIpc) is 2.74. The third-order valence-electron chi connectivity index (χ3n) is 3.66. The van der Waals surface area contributed by atoms with Crippen molar-refractivity contribution in [3.05, 3.63) is 10.4 Å². The molecule has 0 aliphatic carbocycles. The van der Waals surface area contributed by atoms with E-state index in [1.165, 1.54) is 25.3 Å². The maximum Gasteiger partial charge on any atom is 0.256 e. The highest BCUT2D eigenvalue weighted by Gasteiger charge is 2.33. The number of carbonyl (C=O) groups excluding carboxylic acids is 2. The van der Waals surface area contributed by atoms with Crippen molar-refractivity contribution in [3.63, 3.8) is 0 Å². The SMILES string of the molecule is CNC(=O)c1c(N2CCCC(C)(O)C2)sc(C(C)=O)c1N. The Balaban J connectivity index is 2.49. The number of piperidine rings is 1. The standard InChI is InChI=1S/C14H21N3O3S/c1-8(18)11-10(15)9(12(19)16-3)13(21-11)17-6-4-5-14(2,20)7-17/h20H,4-7,15H2,1-3H3,(H,16,19). The fourth-order valence-electron chi connectivity index (χ4n) is 2.65. The molecule has 6 nitrogen and oxygen atoms in total. The Morgan fingerprint density at radius 2 is 2.14 bits per heavy atom. The number of Topliss-reactive ketones (excluding diaryl/α,β-unsaturated/α-hetero) is 1. The van der Waals surface area contributed by atoms with Crippen LogP contribution in [0.15, 0.2) is 0 Å². The molecule has 2 heterocycles. The number of ketones is 1. The van der Waals surface area contributed by atoms with Gasteiger partial charge in [0.2, 0.25) is 0 Å². The lowest BCUT2D eigenvalue weighted by Crippen LogP contribution is -2.46. The molecule has 1 atom stereocenters. The van der Waals surface area contributed by atoms with Crippen molar-refractivity contribution in [3.8, 4) is 0 Å². The number of nitrogens with one attached hydrogen (secondary N) is 1. The van der Waals surface area contributed by atoms with Crippen LogP contribution in [0.5, 0.6) is 0 Å². The Hall–Kier alpha value is -1.60. The quantitative estimate of drug-likeness (QED) is 0.730. The van der Waals surface area contributed by atoms with Crippen LogP contribution in [0.25, 0.3) is 0 Å². The van der Waals surface area contributed by atoms with E-state index in [0.717, 1.165) is 19.4 Å². The zero-order chi connectivity index (χ0) is 15.8. The van der Waals surface area contributed by atoms with Crippen LogP contribution < -0.4 is 16.0 Å². The first kappa shape index (κ1) is 15.8. The van der Waals surface area contributed by atoms with Gasteiger partial charge in [-0.15, -0.1) is 11.3 Å². The molecule has 1 amide bonds. The normalized spacial score (nSPS) is 22.2. The number of nitrogen functional groups attached to an aromatic ring is 1. The third kappa shape index (κ3) is 3.03. The van der Waals surface area contributed by atoms with E-state index < -0.39 is 5.60 Å².